The van der Waals surface area contributed by atoms with Crippen LogP contribution in [-0.2, 0) is 6.54 Å². The molecule has 1 unspecified atom stereocenters. The number of nitrogens with zero attached hydrogens (tertiary/aromatic N) is 2. The topological polar surface area (TPSA) is 31.9 Å². The third-order valence-electron chi connectivity index (χ3n) is 2.67. The third-order valence-corrected chi connectivity index (χ3v) is 2.67. The molecule has 1 aromatic rings. The molecule has 2 heterocycles. The number of aromatic nitrogens is 2. The fraction of sp³-hybridized carbons (Fsp3) is 0.700. The van der Waals surface area contributed by atoms with Gasteiger partial charge in [-0.05, 0) is 13.0 Å². The highest BCUT2D eigenvalue weighted by Crippen LogP contribution is 2.32. The Morgan fingerprint density at radius 1 is 1.57 bits per heavy atom. The predicted octanol–water partition coefficient (Wildman–Crippen LogP) is 1.99. The van der Waals surface area contributed by atoms with E-state index < -0.39 is 6.17 Å². The van der Waals surface area contributed by atoms with Gasteiger partial charge in [0.05, 0.1) is 11.4 Å². The number of H-pyrrole nitrogens is 1. The van der Waals surface area contributed by atoms with Crippen LogP contribution in [0.5, 0.6) is 0 Å². The Hall–Kier alpha value is -0.900. The number of likely N-dealkylation sites (N-methyl/N-ethyl adjacent to an activating group) is 1. The van der Waals surface area contributed by atoms with Crippen LogP contribution in [0, 0.1) is 0 Å². The van der Waals surface area contributed by atoms with E-state index in [1.165, 1.54) is 0 Å². The molecule has 1 N–H and O–H groups in total. The zero-order chi connectivity index (χ0) is 10.3. The van der Waals surface area contributed by atoms with Crippen molar-refractivity contribution in [1.82, 2.24) is 15.1 Å². The lowest BCUT2D eigenvalue weighted by atomic mass is 9.97. The lowest BCUT2D eigenvalue weighted by Gasteiger charge is -2.25. The fourth-order valence-corrected chi connectivity index (χ4v) is 2.01. The summed E-state index contributed by atoms with van der Waals surface area (Å²) in [6.45, 7) is 5.34. The van der Waals surface area contributed by atoms with Crippen LogP contribution >= 0.6 is 0 Å². The van der Waals surface area contributed by atoms with E-state index in [0.717, 1.165) is 23.5 Å². The Bertz CT molecular complexity index is 332. The summed E-state index contributed by atoms with van der Waals surface area (Å²) in [5, 5.41) is 7.13. The number of halogens is 1. The van der Waals surface area contributed by atoms with Crippen molar-refractivity contribution in [3.05, 3.63) is 17.0 Å². The van der Waals surface area contributed by atoms with Gasteiger partial charge >= 0.3 is 0 Å². The number of alkyl halides is 1. The van der Waals surface area contributed by atoms with Crippen molar-refractivity contribution < 1.29 is 4.39 Å². The second kappa shape index (κ2) is 3.35. The first kappa shape index (κ1) is 9.65. The minimum Gasteiger partial charge on any atom is -0.297 e. The average molecular weight is 197 g/mol. The highest BCUT2D eigenvalue weighted by atomic mass is 19.1. The molecular formula is C10H16FN3. The van der Waals surface area contributed by atoms with E-state index in [0.29, 0.717) is 6.54 Å². The molecule has 0 aromatic carbocycles. The molecule has 1 aliphatic rings. The van der Waals surface area contributed by atoms with Gasteiger partial charge in [0.15, 0.2) is 0 Å². The van der Waals surface area contributed by atoms with Crippen LogP contribution in [0.1, 0.15) is 42.9 Å². The summed E-state index contributed by atoms with van der Waals surface area (Å²) in [4.78, 5) is 1.97. The molecule has 0 fully saturated rings. The minimum atomic E-state index is -0.889. The molecular weight excluding hydrogens is 181 g/mol. The first-order valence-corrected chi connectivity index (χ1v) is 4.99. The molecule has 0 radical (unpaired) electrons. The summed E-state index contributed by atoms with van der Waals surface area (Å²) in [6, 6.07) is 0. The Kier molecular flexibility index (Phi) is 2.31. The molecule has 0 aliphatic carbocycles. The molecule has 4 heteroatoms. The molecule has 1 atom stereocenters. The number of hydrogen-bond donors (Lipinski definition) is 1. The van der Waals surface area contributed by atoms with Crippen molar-refractivity contribution in [3.63, 3.8) is 0 Å². The van der Waals surface area contributed by atoms with Gasteiger partial charge in [0.25, 0.3) is 0 Å². The second-order valence-corrected chi connectivity index (χ2v) is 4.32. The zero-order valence-electron chi connectivity index (χ0n) is 8.84. The number of rotatable bonds is 1. The summed E-state index contributed by atoms with van der Waals surface area (Å²) in [5.41, 5.74) is 2.63. The van der Waals surface area contributed by atoms with Gasteiger partial charge in [0, 0.05) is 18.7 Å². The molecule has 1 aliphatic heterocycles. The molecule has 0 bridgehead atoms. The number of fused-ring (bicyclic) bond motifs is 1. The maximum absolute atomic E-state index is 13.8. The van der Waals surface area contributed by atoms with Crippen molar-refractivity contribution in [3.8, 4) is 0 Å². The van der Waals surface area contributed by atoms with Crippen LogP contribution in [0.3, 0.4) is 0 Å². The van der Waals surface area contributed by atoms with Crippen LogP contribution in [0.15, 0.2) is 0 Å². The van der Waals surface area contributed by atoms with E-state index in [2.05, 4.69) is 10.2 Å². The van der Waals surface area contributed by atoms with Crippen molar-refractivity contribution >= 4 is 0 Å². The summed E-state index contributed by atoms with van der Waals surface area (Å²) in [7, 11) is 1.92. The third kappa shape index (κ3) is 1.43. The zero-order valence-corrected chi connectivity index (χ0v) is 8.84. The lowest BCUT2D eigenvalue weighted by molar-refractivity contribution is 0.192. The molecule has 14 heavy (non-hydrogen) atoms. The molecule has 3 nitrogen and oxygen atoms in total. The predicted molar refractivity (Wildman–Crippen MR) is 52.9 cm³/mol. The SMILES string of the molecule is CC(C)c1n[nH]c2c1C(F)CN(C)C2. The van der Waals surface area contributed by atoms with E-state index in [-0.39, 0.29) is 5.92 Å². The maximum atomic E-state index is 13.8. The molecule has 2 rings (SSSR count). The Labute approximate surface area is 83.3 Å². The van der Waals surface area contributed by atoms with Crippen molar-refractivity contribution in [2.24, 2.45) is 0 Å². The summed E-state index contributed by atoms with van der Waals surface area (Å²) < 4.78 is 13.8. The van der Waals surface area contributed by atoms with Crippen LogP contribution in [0.4, 0.5) is 4.39 Å². The number of aromatic amines is 1. The van der Waals surface area contributed by atoms with Crippen LogP contribution < -0.4 is 0 Å². The largest absolute Gasteiger partial charge is 0.297 e. The normalized spacial score (nSPS) is 22.8. The summed E-state index contributed by atoms with van der Waals surface area (Å²) >= 11 is 0. The Balaban J connectivity index is 2.41. The standard InChI is InChI=1S/C10H16FN3/c1-6(2)10-9-7(11)4-14(3)5-8(9)12-13-10/h6-7H,4-5H2,1-3H3,(H,12,13). The van der Waals surface area contributed by atoms with E-state index >= 15 is 0 Å². The first-order chi connectivity index (χ1) is 6.59. The monoisotopic (exact) mass is 197 g/mol. The average Bonchev–Trinajstić information content (AvgIpc) is 2.47. The van der Waals surface area contributed by atoms with Crippen molar-refractivity contribution in [2.45, 2.75) is 32.5 Å². The molecule has 0 spiro atoms. The quantitative estimate of drug-likeness (QED) is 0.746. The van der Waals surface area contributed by atoms with Gasteiger partial charge < -0.3 is 0 Å². The Morgan fingerprint density at radius 3 is 2.93 bits per heavy atom. The smallest absolute Gasteiger partial charge is 0.141 e. The number of nitrogens with one attached hydrogen (secondary N) is 1. The Morgan fingerprint density at radius 2 is 2.29 bits per heavy atom. The molecule has 0 amide bonds. The molecule has 1 aromatic heterocycles. The van der Waals surface area contributed by atoms with Gasteiger partial charge in [-0.1, -0.05) is 13.8 Å². The summed E-state index contributed by atoms with van der Waals surface area (Å²) in [6.07, 6.45) is -0.889. The fourth-order valence-electron chi connectivity index (χ4n) is 2.01. The van der Waals surface area contributed by atoms with Gasteiger partial charge in [0.1, 0.15) is 6.17 Å². The van der Waals surface area contributed by atoms with Crippen molar-refractivity contribution in [1.29, 1.82) is 0 Å². The highest BCUT2D eigenvalue weighted by molar-refractivity contribution is 5.32. The molecule has 0 saturated carbocycles. The minimum absolute atomic E-state index is 0.289. The van der Waals surface area contributed by atoms with Crippen LogP contribution in [-0.4, -0.2) is 28.7 Å². The van der Waals surface area contributed by atoms with Gasteiger partial charge in [-0.3, -0.25) is 10.00 Å². The lowest BCUT2D eigenvalue weighted by Crippen LogP contribution is -2.28. The van der Waals surface area contributed by atoms with Gasteiger partial charge in [-0.25, -0.2) is 4.39 Å². The highest BCUT2D eigenvalue weighted by Gasteiger charge is 2.29. The van der Waals surface area contributed by atoms with Crippen molar-refractivity contribution in [2.75, 3.05) is 13.6 Å². The van der Waals surface area contributed by atoms with Gasteiger partial charge in [-0.2, -0.15) is 5.10 Å². The summed E-state index contributed by atoms with van der Waals surface area (Å²) in [5.74, 6) is 0.289. The number of hydrogen-bond acceptors (Lipinski definition) is 2. The second-order valence-electron chi connectivity index (χ2n) is 4.32. The van der Waals surface area contributed by atoms with E-state index in [1.807, 2.05) is 25.8 Å². The van der Waals surface area contributed by atoms with Gasteiger partial charge in [-0.15, -0.1) is 0 Å². The van der Waals surface area contributed by atoms with Crippen LogP contribution in [0.25, 0.3) is 0 Å². The van der Waals surface area contributed by atoms with Crippen LogP contribution in [0.2, 0.25) is 0 Å². The molecule has 0 saturated heterocycles. The van der Waals surface area contributed by atoms with Gasteiger partial charge in [0.2, 0.25) is 0 Å². The van der Waals surface area contributed by atoms with E-state index in [4.69, 9.17) is 0 Å². The van der Waals surface area contributed by atoms with E-state index in [9.17, 15) is 4.39 Å². The molecule has 78 valence electrons. The maximum Gasteiger partial charge on any atom is 0.141 e. The first-order valence-electron chi connectivity index (χ1n) is 4.99. The van der Waals surface area contributed by atoms with E-state index in [1.54, 1.807) is 0 Å².